The number of anilines is 2. The third-order valence-corrected chi connectivity index (χ3v) is 3.32. The van der Waals surface area contributed by atoms with Crippen molar-refractivity contribution in [1.29, 1.82) is 0 Å². The first kappa shape index (κ1) is 11.3. The van der Waals surface area contributed by atoms with Crippen molar-refractivity contribution in [1.82, 2.24) is 4.37 Å². The minimum Gasteiger partial charge on any atom is -0.383 e. The summed E-state index contributed by atoms with van der Waals surface area (Å²) < 4.78 is 4.12. The molecule has 80 valence electrons. The van der Waals surface area contributed by atoms with Crippen molar-refractivity contribution in [3.8, 4) is 0 Å². The second kappa shape index (κ2) is 5.20. The summed E-state index contributed by atoms with van der Waals surface area (Å²) in [7, 11) is 0. The molecule has 0 saturated heterocycles. The van der Waals surface area contributed by atoms with Crippen molar-refractivity contribution < 1.29 is 0 Å². The molecule has 1 heterocycles. The average Bonchev–Trinajstić information content (AvgIpc) is 2.49. The molecule has 0 saturated carbocycles. The Morgan fingerprint density at radius 2 is 2.21 bits per heavy atom. The van der Waals surface area contributed by atoms with Crippen LogP contribution in [0.25, 0.3) is 0 Å². The van der Waals surface area contributed by atoms with E-state index in [4.69, 9.17) is 5.73 Å². The van der Waals surface area contributed by atoms with Crippen molar-refractivity contribution in [2.24, 2.45) is 0 Å². The van der Waals surface area contributed by atoms with E-state index in [-0.39, 0.29) is 0 Å². The Morgan fingerprint density at radius 1 is 1.50 bits per heavy atom. The van der Waals surface area contributed by atoms with Gasteiger partial charge in [-0.05, 0) is 31.3 Å². The highest BCUT2D eigenvalue weighted by Crippen LogP contribution is 2.26. The fourth-order valence-corrected chi connectivity index (χ4v) is 2.18. The molecule has 0 aromatic carbocycles. The summed E-state index contributed by atoms with van der Waals surface area (Å²) in [5.41, 5.74) is 6.78. The van der Waals surface area contributed by atoms with E-state index in [2.05, 4.69) is 23.5 Å². The van der Waals surface area contributed by atoms with Crippen molar-refractivity contribution in [3.63, 3.8) is 0 Å². The SMILES string of the molecule is CCCC(CC)Nc1snc(N)c1C. The lowest BCUT2D eigenvalue weighted by molar-refractivity contribution is 0.624. The molecule has 0 aliphatic rings. The molecule has 0 aliphatic heterocycles. The van der Waals surface area contributed by atoms with E-state index in [9.17, 15) is 0 Å². The maximum absolute atomic E-state index is 5.69. The zero-order valence-corrected chi connectivity index (χ0v) is 9.95. The van der Waals surface area contributed by atoms with Crippen LogP contribution in [0.3, 0.4) is 0 Å². The van der Waals surface area contributed by atoms with Crippen molar-refractivity contribution in [2.45, 2.75) is 46.1 Å². The molecule has 0 bridgehead atoms. The molecule has 1 atom stereocenters. The monoisotopic (exact) mass is 213 g/mol. The highest BCUT2D eigenvalue weighted by atomic mass is 32.1. The van der Waals surface area contributed by atoms with Gasteiger partial charge in [-0.25, -0.2) is 0 Å². The highest BCUT2D eigenvalue weighted by Gasteiger charge is 2.10. The van der Waals surface area contributed by atoms with Crippen LogP contribution in [0.4, 0.5) is 10.8 Å². The Hall–Kier alpha value is -0.770. The van der Waals surface area contributed by atoms with Crippen LogP contribution in [0.15, 0.2) is 0 Å². The van der Waals surface area contributed by atoms with E-state index in [1.165, 1.54) is 24.4 Å². The van der Waals surface area contributed by atoms with Gasteiger partial charge in [0, 0.05) is 11.6 Å². The number of rotatable bonds is 5. The first-order valence-corrected chi connectivity index (χ1v) is 5.94. The Kier molecular flexibility index (Phi) is 4.20. The van der Waals surface area contributed by atoms with Crippen molar-refractivity contribution in [2.75, 3.05) is 11.1 Å². The van der Waals surface area contributed by atoms with E-state index < -0.39 is 0 Å². The van der Waals surface area contributed by atoms with E-state index in [0.717, 1.165) is 17.0 Å². The van der Waals surface area contributed by atoms with Gasteiger partial charge in [-0.1, -0.05) is 20.3 Å². The lowest BCUT2D eigenvalue weighted by Crippen LogP contribution is -2.17. The fraction of sp³-hybridized carbons (Fsp3) is 0.700. The van der Waals surface area contributed by atoms with E-state index in [0.29, 0.717) is 11.9 Å². The van der Waals surface area contributed by atoms with E-state index in [1.54, 1.807) is 0 Å². The minimum atomic E-state index is 0.554. The predicted octanol–water partition coefficient (Wildman–Crippen LogP) is 3.02. The summed E-state index contributed by atoms with van der Waals surface area (Å²) >= 11 is 1.46. The third kappa shape index (κ3) is 2.61. The van der Waals surface area contributed by atoms with Gasteiger partial charge in [-0.15, -0.1) is 0 Å². The van der Waals surface area contributed by atoms with Gasteiger partial charge < -0.3 is 11.1 Å². The third-order valence-electron chi connectivity index (χ3n) is 2.43. The van der Waals surface area contributed by atoms with E-state index >= 15 is 0 Å². The van der Waals surface area contributed by atoms with Gasteiger partial charge in [-0.3, -0.25) is 0 Å². The van der Waals surface area contributed by atoms with Crippen LogP contribution in [-0.4, -0.2) is 10.4 Å². The number of nitrogens with zero attached hydrogens (tertiary/aromatic N) is 1. The lowest BCUT2D eigenvalue weighted by atomic mass is 10.1. The number of nitrogens with one attached hydrogen (secondary N) is 1. The van der Waals surface area contributed by atoms with Crippen LogP contribution in [0.2, 0.25) is 0 Å². The summed E-state index contributed by atoms with van der Waals surface area (Å²) in [6.45, 7) is 6.42. The Bertz CT molecular complexity index is 283. The molecule has 0 aliphatic carbocycles. The van der Waals surface area contributed by atoms with Gasteiger partial charge >= 0.3 is 0 Å². The first-order valence-electron chi connectivity index (χ1n) is 5.17. The van der Waals surface area contributed by atoms with Crippen LogP contribution >= 0.6 is 11.5 Å². The second-order valence-electron chi connectivity index (χ2n) is 3.56. The molecule has 1 rings (SSSR count). The van der Waals surface area contributed by atoms with Crippen LogP contribution < -0.4 is 11.1 Å². The topological polar surface area (TPSA) is 50.9 Å². The molecular weight excluding hydrogens is 194 g/mol. The zero-order valence-electron chi connectivity index (χ0n) is 9.13. The predicted molar refractivity (Wildman–Crippen MR) is 63.9 cm³/mol. The first-order chi connectivity index (χ1) is 6.69. The van der Waals surface area contributed by atoms with Crippen LogP contribution in [0.5, 0.6) is 0 Å². The molecule has 1 unspecified atom stereocenters. The molecule has 3 nitrogen and oxygen atoms in total. The molecule has 3 N–H and O–H groups in total. The average molecular weight is 213 g/mol. The number of nitrogen functional groups attached to an aromatic ring is 1. The molecule has 14 heavy (non-hydrogen) atoms. The van der Waals surface area contributed by atoms with Gasteiger partial charge in [0.05, 0.1) is 0 Å². The smallest absolute Gasteiger partial charge is 0.142 e. The number of hydrogen-bond donors (Lipinski definition) is 2. The van der Waals surface area contributed by atoms with Crippen LogP contribution in [-0.2, 0) is 0 Å². The number of nitrogens with two attached hydrogens (primary N) is 1. The maximum atomic E-state index is 5.69. The van der Waals surface area contributed by atoms with Gasteiger partial charge in [0.1, 0.15) is 10.8 Å². The summed E-state index contributed by atoms with van der Waals surface area (Å²) in [6, 6.07) is 0.554. The summed E-state index contributed by atoms with van der Waals surface area (Å²) in [4.78, 5) is 0. The molecule has 1 aromatic heterocycles. The Morgan fingerprint density at radius 3 is 2.64 bits per heavy atom. The number of aromatic nitrogens is 1. The molecule has 0 amide bonds. The molecule has 1 aromatic rings. The lowest BCUT2D eigenvalue weighted by Gasteiger charge is -2.16. The summed E-state index contributed by atoms with van der Waals surface area (Å²) in [5.74, 6) is 0.656. The normalized spacial score (nSPS) is 12.8. The van der Waals surface area contributed by atoms with E-state index in [1.807, 2.05) is 6.92 Å². The molecule has 0 radical (unpaired) electrons. The number of hydrogen-bond acceptors (Lipinski definition) is 4. The fourth-order valence-electron chi connectivity index (χ4n) is 1.39. The minimum absolute atomic E-state index is 0.554. The maximum Gasteiger partial charge on any atom is 0.142 e. The zero-order chi connectivity index (χ0) is 10.6. The van der Waals surface area contributed by atoms with Gasteiger partial charge in [0.2, 0.25) is 0 Å². The van der Waals surface area contributed by atoms with Crippen LogP contribution in [0, 0.1) is 6.92 Å². The molecule has 0 fully saturated rings. The van der Waals surface area contributed by atoms with Gasteiger partial charge in [0.15, 0.2) is 0 Å². The standard InChI is InChI=1S/C10H19N3S/c1-4-6-8(5-2)12-10-7(3)9(11)13-14-10/h8,12H,4-6H2,1-3H3,(H2,11,13). The molecule has 0 spiro atoms. The molecular formula is C10H19N3S. The largest absolute Gasteiger partial charge is 0.383 e. The highest BCUT2D eigenvalue weighted by molar-refractivity contribution is 7.10. The molecule has 4 heteroatoms. The van der Waals surface area contributed by atoms with Gasteiger partial charge in [0.25, 0.3) is 0 Å². The van der Waals surface area contributed by atoms with Crippen LogP contribution in [0.1, 0.15) is 38.7 Å². The van der Waals surface area contributed by atoms with Gasteiger partial charge in [-0.2, -0.15) is 4.37 Å². The Labute approximate surface area is 89.9 Å². The Balaban J connectivity index is 2.62. The van der Waals surface area contributed by atoms with Crippen molar-refractivity contribution >= 4 is 22.4 Å². The quantitative estimate of drug-likeness (QED) is 0.790. The van der Waals surface area contributed by atoms with Crippen molar-refractivity contribution in [3.05, 3.63) is 5.56 Å². The second-order valence-corrected chi connectivity index (χ2v) is 4.33. The summed E-state index contributed by atoms with van der Waals surface area (Å²) in [6.07, 6.45) is 3.55. The summed E-state index contributed by atoms with van der Waals surface area (Å²) in [5, 5.41) is 4.62.